The van der Waals surface area contributed by atoms with Gasteiger partial charge in [-0.15, -0.1) is 0 Å². The first-order chi connectivity index (χ1) is 10.7. The number of likely N-dealkylation sites (tertiary alicyclic amines) is 1. The number of carbonyl (C=O) groups is 1. The molecule has 1 aromatic heterocycles. The number of nitrogens with zero attached hydrogens (tertiary/aromatic N) is 2. The second-order valence-electron chi connectivity index (χ2n) is 5.32. The Morgan fingerprint density at radius 2 is 2.09 bits per heavy atom. The maximum absolute atomic E-state index is 12.7. The highest BCUT2D eigenvalue weighted by Gasteiger charge is 2.30. The van der Waals surface area contributed by atoms with Gasteiger partial charge in [-0.2, -0.15) is 0 Å². The van der Waals surface area contributed by atoms with Crippen LogP contribution < -0.4 is 4.74 Å². The normalized spacial score (nSPS) is 17.5. The standard InChI is InChI=1S/C17H17BrN2O2/c1-22-15-6-4-12(5-7-15)16-3-2-8-20(16)17(21)13-9-14(18)11-19-10-13/h4-7,9-11,16H,2-3,8H2,1H3/t16-/m0/s1. The molecule has 1 aromatic carbocycles. The maximum Gasteiger partial charge on any atom is 0.255 e. The first-order valence-electron chi connectivity index (χ1n) is 7.24. The van der Waals surface area contributed by atoms with Crippen molar-refractivity contribution in [1.29, 1.82) is 0 Å². The molecule has 3 rings (SSSR count). The molecule has 2 heterocycles. The molecule has 0 N–H and O–H groups in total. The summed E-state index contributed by atoms with van der Waals surface area (Å²) in [5.74, 6) is 0.864. The summed E-state index contributed by atoms with van der Waals surface area (Å²) >= 11 is 3.37. The van der Waals surface area contributed by atoms with Crippen LogP contribution in [-0.4, -0.2) is 29.4 Å². The van der Waals surface area contributed by atoms with Gasteiger partial charge in [-0.05, 0) is 52.5 Å². The molecule has 2 aromatic rings. The summed E-state index contributed by atoms with van der Waals surface area (Å²) in [4.78, 5) is 18.8. The Hall–Kier alpha value is -1.88. The summed E-state index contributed by atoms with van der Waals surface area (Å²) in [6.45, 7) is 0.780. The van der Waals surface area contributed by atoms with Gasteiger partial charge >= 0.3 is 0 Å². The van der Waals surface area contributed by atoms with E-state index in [9.17, 15) is 4.79 Å². The molecule has 0 saturated carbocycles. The molecule has 0 bridgehead atoms. The molecule has 0 radical (unpaired) electrons. The van der Waals surface area contributed by atoms with Crippen molar-refractivity contribution in [3.63, 3.8) is 0 Å². The van der Waals surface area contributed by atoms with E-state index in [1.54, 1.807) is 19.5 Å². The van der Waals surface area contributed by atoms with E-state index in [1.165, 1.54) is 0 Å². The molecule has 1 saturated heterocycles. The van der Waals surface area contributed by atoms with Crippen LogP contribution in [0.3, 0.4) is 0 Å². The van der Waals surface area contributed by atoms with Crippen LogP contribution in [0.25, 0.3) is 0 Å². The number of ether oxygens (including phenoxy) is 1. The van der Waals surface area contributed by atoms with E-state index < -0.39 is 0 Å². The summed E-state index contributed by atoms with van der Waals surface area (Å²) in [7, 11) is 1.65. The van der Waals surface area contributed by atoms with E-state index in [1.807, 2.05) is 35.2 Å². The van der Waals surface area contributed by atoms with Gasteiger partial charge in [0, 0.05) is 23.4 Å². The predicted octanol–water partition coefficient (Wildman–Crippen LogP) is 3.83. The number of methoxy groups -OCH3 is 1. The number of aromatic nitrogens is 1. The summed E-state index contributed by atoms with van der Waals surface area (Å²) in [5, 5.41) is 0. The average molecular weight is 361 g/mol. The van der Waals surface area contributed by atoms with Gasteiger partial charge in [0.15, 0.2) is 0 Å². The molecule has 0 spiro atoms. The molecule has 1 amide bonds. The third kappa shape index (κ3) is 2.99. The third-order valence-electron chi connectivity index (χ3n) is 3.97. The number of hydrogen-bond donors (Lipinski definition) is 0. The highest BCUT2D eigenvalue weighted by Crippen LogP contribution is 2.34. The molecule has 1 fully saturated rings. The second-order valence-corrected chi connectivity index (χ2v) is 6.24. The van der Waals surface area contributed by atoms with Crippen molar-refractivity contribution in [3.05, 3.63) is 58.3 Å². The van der Waals surface area contributed by atoms with Crippen molar-refractivity contribution in [1.82, 2.24) is 9.88 Å². The highest BCUT2D eigenvalue weighted by atomic mass is 79.9. The van der Waals surface area contributed by atoms with Crippen LogP contribution in [0.4, 0.5) is 0 Å². The molecular weight excluding hydrogens is 344 g/mol. The topological polar surface area (TPSA) is 42.4 Å². The Morgan fingerprint density at radius 3 is 2.77 bits per heavy atom. The van der Waals surface area contributed by atoms with Gasteiger partial charge in [0.1, 0.15) is 5.75 Å². The average Bonchev–Trinajstić information content (AvgIpc) is 3.04. The van der Waals surface area contributed by atoms with Gasteiger partial charge < -0.3 is 9.64 Å². The quantitative estimate of drug-likeness (QED) is 0.835. The molecule has 0 aliphatic carbocycles. The van der Waals surface area contributed by atoms with E-state index in [0.29, 0.717) is 5.56 Å². The Balaban J connectivity index is 1.84. The van der Waals surface area contributed by atoms with E-state index in [2.05, 4.69) is 20.9 Å². The Kier molecular flexibility index (Phi) is 4.43. The molecule has 5 heteroatoms. The molecule has 114 valence electrons. The van der Waals surface area contributed by atoms with Gasteiger partial charge in [0.25, 0.3) is 5.91 Å². The molecule has 1 aliphatic rings. The lowest BCUT2D eigenvalue weighted by Crippen LogP contribution is -2.30. The van der Waals surface area contributed by atoms with Crippen molar-refractivity contribution in [2.75, 3.05) is 13.7 Å². The molecule has 0 unspecified atom stereocenters. The lowest BCUT2D eigenvalue weighted by Gasteiger charge is -2.25. The van der Waals surface area contributed by atoms with Crippen molar-refractivity contribution < 1.29 is 9.53 Å². The lowest BCUT2D eigenvalue weighted by molar-refractivity contribution is 0.0735. The Morgan fingerprint density at radius 1 is 1.32 bits per heavy atom. The highest BCUT2D eigenvalue weighted by molar-refractivity contribution is 9.10. The van der Waals surface area contributed by atoms with E-state index in [-0.39, 0.29) is 11.9 Å². The smallest absolute Gasteiger partial charge is 0.255 e. The molecule has 1 aliphatic heterocycles. The summed E-state index contributed by atoms with van der Waals surface area (Å²) < 4.78 is 6.01. The number of amides is 1. The first-order valence-corrected chi connectivity index (χ1v) is 8.04. The zero-order valence-electron chi connectivity index (χ0n) is 12.3. The molecule has 22 heavy (non-hydrogen) atoms. The van der Waals surface area contributed by atoms with Crippen molar-refractivity contribution in [2.24, 2.45) is 0 Å². The van der Waals surface area contributed by atoms with Gasteiger partial charge in [-0.25, -0.2) is 0 Å². The minimum Gasteiger partial charge on any atom is -0.497 e. The van der Waals surface area contributed by atoms with Crippen molar-refractivity contribution in [3.8, 4) is 5.75 Å². The summed E-state index contributed by atoms with van der Waals surface area (Å²) in [6.07, 6.45) is 5.31. The van der Waals surface area contributed by atoms with Gasteiger partial charge in [0.05, 0.1) is 18.7 Å². The van der Waals surface area contributed by atoms with Crippen LogP contribution in [0.5, 0.6) is 5.75 Å². The minimum absolute atomic E-state index is 0.0344. The molecule has 4 nitrogen and oxygen atoms in total. The maximum atomic E-state index is 12.7. The fourth-order valence-electron chi connectivity index (χ4n) is 2.88. The van der Waals surface area contributed by atoms with Crippen molar-refractivity contribution >= 4 is 21.8 Å². The third-order valence-corrected chi connectivity index (χ3v) is 4.40. The van der Waals surface area contributed by atoms with Gasteiger partial charge in [-0.1, -0.05) is 12.1 Å². The Labute approximate surface area is 138 Å². The van der Waals surface area contributed by atoms with Gasteiger partial charge in [-0.3, -0.25) is 9.78 Å². The van der Waals surface area contributed by atoms with Crippen LogP contribution in [-0.2, 0) is 0 Å². The number of carbonyl (C=O) groups excluding carboxylic acids is 1. The first kappa shape index (κ1) is 15.0. The van der Waals surface area contributed by atoms with Crippen LogP contribution in [0.2, 0.25) is 0 Å². The SMILES string of the molecule is COc1ccc([C@@H]2CCCN2C(=O)c2cncc(Br)c2)cc1. The number of rotatable bonds is 3. The minimum atomic E-state index is 0.0344. The number of halogens is 1. The number of pyridine rings is 1. The summed E-state index contributed by atoms with van der Waals surface area (Å²) in [5.41, 5.74) is 1.77. The van der Waals surface area contributed by atoms with E-state index in [4.69, 9.17) is 4.74 Å². The number of benzene rings is 1. The van der Waals surface area contributed by atoms with E-state index in [0.717, 1.165) is 35.2 Å². The number of hydrogen-bond acceptors (Lipinski definition) is 3. The predicted molar refractivity (Wildman–Crippen MR) is 87.9 cm³/mol. The van der Waals surface area contributed by atoms with Gasteiger partial charge in [0.2, 0.25) is 0 Å². The monoisotopic (exact) mass is 360 g/mol. The Bertz CT molecular complexity index is 673. The largest absolute Gasteiger partial charge is 0.497 e. The zero-order valence-corrected chi connectivity index (χ0v) is 13.9. The fourth-order valence-corrected chi connectivity index (χ4v) is 3.24. The van der Waals surface area contributed by atoms with Crippen LogP contribution >= 0.6 is 15.9 Å². The lowest BCUT2D eigenvalue weighted by atomic mass is 10.0. The van der Waals surface area contributed by atoms with Crippen LogP contribution in [0.15, 0.2) is 47.2 Å². The molecule has 1 atom stereocenters. The molecular formula is C17H17BrN2O2. The second kappa shape index (κ2) is 6.48. The summed E-state index contributed by atoms with van der Waals surface area (Å²) in [6, 6.07) is 9.90. The zero-order chi connectivity index (χ0) is 15.5. The van der Waals surface area contributed by atoms with Crippen LogP contribution in [0, 0.1) is 0 Å². The fraction of sp³-hybridized carbons (Fsp3) is 0.294. The van der Waals surface area contributed by atoms with Crippen LogP contribution in [0.1, 0.15) is 34.8 Å². The van der Waals surface area contributed by atoms with Crippen molar-refractivity contribution in [2.45, 2.75) is 18.9 Å². The van der Waals surface area contributed by atoms with E-state index >= 15 is 0 Å².